The number of hydrogen-bond donors (Lipinski definition) is 1. The van der Waals surface area contributed by atoms with E-state index in [1.54, 1.807) is 18.2 Å². The van der Waals surface area contributed by atoms with E-state index in [0.717, 1.165) is 29.1 Å². The molecule has 4 rings (SSSR count). The summed E-state index contributed by atoms with van der Waals surface area (Å²) in [5.74, 6) is 1.35. The average molecular weight is 368 g/mol. The zero-order valence-electron chi connectivity index (χ0n) is 14.3. The van der Waals surface area contributed by atoms with Gasteiger partial charge >= 0.3 is 6.18 Å². The van der Waals surface area contributed by atoms with Crippen molar-refractivity contribution in [3.05, 3.63) is 78.0 Å². The maximum Gasteiger partial charge on any atom is 0.416 e. The Hall–Kier alpha value is -3.28. The number of hydrogen-bond acceptors (Lipinski definition) is 2. The number of aromatic nitrogens is 2. The normalized spacial score (nSPS) is 11.7. The van der Waals surface area contributed by atoms with Gasteiger partial charge in [0.2, 0.25) is 0 Å². The Morgan fingerprint density at radius 1 is 0.852 bits per heavy atom. The van der Waals surface area contributed by atoms with Gasteiger partial charge in [0.1, 0.15) is 5.76 Å². The van der Waals surface area contributed by atoms with Crippen molar-refractivity contribution in [3.8, 4) is 34.2 Å². The molecule has 0 radical (unpaired) electrons. The topological polar surface area (TPSA) is 41.8 Å². The Bertz CT molecular complexity index is 1080. The van der Waals surface area contributed by atoms with E-state index in [-0.39, 0.29) is 0 Å². The molecule has 0 aliphatic rings. The fourth-order valence-corrected chi connectivity index (χ4v) is 2.93. The summed E-state index contributed by atoms with van der Waals surface area (Å²) < 4.78 is 44.5. The molecule has 27 heavy (non-hydrogen) atoms. The van der Waals surface area contributed by atoms with Gasteiger partial charge in [-0.2, -0.15) is 13.2 Å². The number of benzene rings is 2. The van der Waals surface area contributed by atoms with Crippen LogP contribution in [-0.2, 0) is 6.18 Å². The van der Waals surface area contributed by atoms with Gasteiger partial charge in [0, 0.05) is 5.56 Å². The van der Waals surface area contributed by atoms with Crippen LogP contribution in [0, 0.1) is 6.92 Å². The van der Waals surface area contributed by atoms with Crippen molar-refractivity contribution in [2.75, 3.05) is 0 Å². The number of aromatic amines is 1. The van der Waals surface area contributed by atoms with Crippen LogP contribution in [0.4, 0.5) is 13.2 Å². The lowest BCUT2D eigenvalue weighted by molar-refractivity contribution is -0.137. The van der Waals surface area contributed by atoms with Crippen LogP contribution in [0.25, 0.3) is 34.2 Å². The minimum absolute atomic E-state index is 0.353. The molecule has 2 heterocycles. The van der Waals surface area contributed by atoms with Gasteiger partial charge in [-0.25, -0.2) is 4.98 Å². The van der Waals surface area contributed by atoms with E-state index in [2.05, 4.69) is 9.97 Å². The van der Waals surface area contributed by atoms with Gasteiger partial charge in [0.15, 0.2) is 11.6 Å². The lowest BCUT2D eigenvalue weighted by Crippen LogP contribution is -2.04. The smallest absolute Gasteiger partial charge is 0.416 e. The second-order valence-corrected chi connectivity index (χ2v) is 6.15. The van der Waals surface area contributed by atoms with E-state index in [0.29, 0.717) is 22.9 Å². The molecule has 0 fully saturated rings. The largest absolute Gasteiger partial charge is 0.453 e. The summed E-state index contributed by atoms with van der Waals surface area (Å²) in [4.78, 5) is 7.72. The van der Waals surface area contributed by atoms with Crippen LogP contribution in [0.3, 0.4) is 0 Å². The summed E-state index contributed by atoms with van der Waals surface area (Å²) in [6, 6.07) is 18.2. The first-order valence-corrected chi connectivity index (χ1v) is 8.32. The van der Waals surface area contributed by atoms with Gasteiger partial charge in [-0.15, -0.1) is 0 Å². The van der Waals surface area contributed by atoms with Crippen LogP contribution < -0.4 is 0 Å². The number of alkyl halides is 3. The van der Waals surface area contributed by atoms with Crippen molar-refractivity contribution in [1.82, 2.24) is 9.97 Å². The summed E-state index contributed by atoms with van der Waals surface area (Å²) >= 11 is 0. The van der Waals surface area contributed by atoms with Crippen LogP contribution >= 0.6 is 0 Å². The highest BCUT2D eigenvalue weighted by Gasteiger charge is 2.30. The van der Waals surface area contributed by atoms with Crippen LogP contribution in [0.2, 0.25) is 0 Å². The molecule has 4 aromatic rings. The molecule has 136 valence electrons. The molecule has 3 nitrogen and oxygen atoms in total. The molecule has 0 spiro atoms. The molecule has 0 aliphatic heterocycles. The molecular formula is C21H15F3N2O. The van der Waals surface area contributed by atoms with E-state index in [4.69, 9.17) is 4.42 Å². The summed E-state index contributed by atoms with van der Waals surface area (Å²) in [5.41, 5.74) is 2.34. The second kappa shape index (κ2) is 6.46. The van der Waals surface area contributed by atoms with Gasteiger partial charge in [-0.05, 0) is 36.8 Å². The molecule has 0 saturated carbocycles. The summed E-state index contributed by atoms with van der Waals surface area (Å²) in [7, 11) is 0. The van der Waals surface area contributed by atoms with Gasteiger partial charge in [-0.3, -0.25) is 0 Å². The number of aryl methyl sites for hydroxylation is 1. The van der Waals surface area contributed by atoms with E-state index in [9.17, 15) is 13.2 Å². The quantitative estimate of drug-likeness (QED) is 0.459. The molecule has 0 saturated heterocycles. The Balaban J connectivity index is 1.68. The standard InChI is InChI=1S/C21H15F3N2O/c1-13-19(14-6-3-2-4-7-14)26-20(25-13)18-11-10-17(27-18)15-8-5-9-16(12-15)21(22,23)24/h2-12H,1H3,(H,25,26). The van der Waals surface area contributed by atoms with Crippen LogP contribution in [-0.4, -0.2) is 9.97 Å². The molecular weight excluding hydrogens is 353 g/mol. The predicted octanol–water partition coefficient (Wildman–Crippen LogP) is 6.33. The average Bonchev–Trinajstić information content (AvgIpc) is 3.29. The fraction of sp³-hybridized carbons (Fsp3) is 0.0952. The van der Waals surface area contributed by atoms with Gasteiger partial charge in [0.25, 0.3) is 0 Å². The monoisotopic (exact) mass is 368 g/mol. The summed E-state index contributed by atoms with van der Waals surface area (Å²) in [6.45, 7) is 1.89. The molecule has 0 unspecified atom stereocenters. The van der Waals surface area contributed by atoms with Crippen LogP contribution in [0.15, 0.2) is 71.1 Å². The zero-order chi connectivity index (χ0) is 19.0. The zero-order valence-corrected chi connectivity index (χ0v) is 14.3. The number of imidazole rings is 1. The molecule has 0 bridgehead atoms. The van der Waals surface area contributed by atoms with E-state index in [1.165, 1.54) is 6.07 Å². The number of nitrogens with zero attached hydrogens (tertiary/aromatic N) is 1. The summed E-state index contributed by atoms with van der Waals surface area (Å²) in [5, 5.41) is 0. The first kappa shape index (κ1) is 17.1. The Labute approximate surface area is 153 Å². The Kier molecular flexibility index (Phi) is 4.11. The number of H-pyrrole nitrogens is 1. The third-order valence-electron chi connectivity index (χ3n) is 4.26. The minimum atomic E-state index is -4.39. The van der Waals surface area contributed by atoms with Crippen molar-refractivity contribution < 1.29 is 17.6 Å². The highest BCUT2D eigenvalue weighted by Crippen LogP contribution is 2.34. The second-order valence-electron chi connectivity index (χ2n) is 6.15. The molecule has 2 aromatic carbocycles. The van der Waals surface area contributed by atoms with E-state index >= 15 is 0 Å². The molecule has 0 atom stereocenters. The highest BCUT2D eigenvalue weighted by molar-refractivity contribution is 5.67. The third kappa shape index (κ3) is 3.38. The molecule has 0 amide bonds. The van der Waals surface area contributed by atoms with E-state index < -0.39 is 11.7 Å². The molecule has 1 N–H and O–H groups in total. The van der Waals surface area contributed by atoms with E-state index in [1.807, 2.05) is 37.3 Å². The number of nitrogens with one attached hydrogen (secondary N) is 1. The van der Waals surface area contributed by atoms with Crippen molar-refractivity contribution in [3.63, 3.8) is 0 Å². The first-order chi connectivity index (χ1) is 12.9. The number of halogens is 3. The SMILES string of the molecule is Cc1nc(-c2ccc(-c3cccc(C(F)(F)F)c3)o2)[nH]c1-c1ccccc1. The van der Waals surface area contributed by atoms with Gasteiger partial charge in [-0.1, -0.05) is 42.5 Å². The maximum atomic E-state index is 12.9. The van der Waals surface area contributed by atoms with Crippen LogP contribution in [0.1, 0.15) is 11.3 Å². The Morgan fingerprint density at radius 2 is 1.56 bits per heavy atom. The number of rotatable bonds is 3. The van der Waals surface area contributed by atoms with Crippen molar-refractivity contribution in [1.29, 1.82) is 0 Å². The van der Waals surface area contributed by atoms with Gasteiger partial charge in [0.05, 0.1) is 17.0 Å². The lowest BCUT2D eigenvalue weighted by Gasteiger charge is -2.07. The fourth-order valence-electron chi connectivity index (χ4n) is 2.93. The van der Waals surface area contributed by atoms with Crippen molar-refractivity contribution >= 4 is 0 Å². The molecule has 6 heteroatoms. The summed E-state index contributed by atoms with van der Waals surface area (Å²) in [6.07, 6.45) is -4.39. The minimum Gasteiger partial charge on any atom is -0.453 e. The van der Waals surface area contributed by atoms with Crippen molar-refractivity contribution in [2.45, 2.75) is 13.1 Å². The van der Waals surface area contributed by atoms with Crippen molar-refractivity contribution in [2.24, 2.45) is 0 Å². The predicted molar refractivity (Wildman–Crippen MR) is 96.9 cm³/mol. The highest BCUT2D eigenvalue weighted by atomic mass is 19.4. The molecule has 0 aliphatic carbocycles. The maximum absolute atomic E-state index is 12.9. The molecule has 2 aromatic heterocycles. The first-order valence-electron chi connectivity index (χ1n) is 8.32. The third-order valence-corrected chi connectivity index (χ3v) is 4.26. The van der Waals surface area contributed by atoms with Gasteiger partial charge < -0.3 is 9.40 Å². The Morgan fingerprint density at radius 3 is 2.30 bits per heavy atom. The van der Waals surface area contributed by atoms with Crippen LogP contribution in [0.5, 0.6) is 0 Å². The lowest BCUT2D eigenvalue weighted by atomic mass is 10.1. The number of furan rings is 1.